The topological polar surface area (TPSA) is 97.1 Å². The van der Waals surface area contributed by atoms with Gasteiger partial charge in [0.2, 0.25) is 0 Å². The molecule has 0 saturated heterocycles. The first-order chi connectivity index (χ1) is 13.3. The monoisotopic (exact) mass is 380 g/mol. The number of carbonyl (C=O) groups is 2. The predicted molar refractivity (Wildman–Crippen MR) is 106 cm³/mol. The summed E-state index contributed by atoms with van der Waals surface area (Å²) in [6.45, 7) is 7.72. The quantitative estimate of drug-likeness (QED) is 0.681. The number of carboxylic acids is 1. The second kappa shape index (κ2) is 7.80. The number of aromatic nitrogens is 3. The van der Waals surface area contributed by atoms with Gasteiger partial charge in [-0.3, -0.25) is 9.59 Å². The summed E-state index contributed by atoms with van der Waals surface area (Å²) in [7, 11) is 0. The molecular weight excluding hydrogens is 356 g/mol. The van der Waals surface area contributed by atoms with Crippen LogP contribution in [0.5, 0.6) is 0 Å². The molecule has 0 aliphatic heterocycles. The molecule has 0 bridgehead atoms. The zero-order valence-electron chi connectivity index (χ0n) is 16.4. The zero-order valence-corrected chi connectivity index (χ0v) is 16.4. The van der Waals surface area contributed by atoms with Crippen LogP contribution in [-0.2, 0) is 4.79 Å². The Hall–Kier alpha value is -3.22. The number of aliphatic carboxylic acids is 1. The summed E-state index contributed by atoms with van der Waals surface area (Å²) in [4.78, 5) is 29.0. The number of aryl methyl sites for hydroxylation is 2. The molecule has 1 atom stereocenters. The van der Waals surface area contributed by atoms with E-state index in [0.29, 0.717) is 22.3 Å². The van der Waals surface area contributed by atoms with Crippen LogP contribution in [0.3, 0.4) is 0 Å². The third-order valence-corrected chi connectivity index (χ3v) is 4.68. The second-order valence-electron chi connectivity index (χ2n) is 7.21. The molecule has 0 aliphatic carbocycles. The molecule has 0 aliphatic rings. The van der Waals surface area contributed by atoms with Crippen molar-refractivity contribution in [2.45, 2.75) is 46.2 Å². The third-order valence-electron chi connectivity index (χ3n) is 4.68. The fourth-order valence-corrected chi connectivity index (χ4v) is 3.34. The SMILES string of the molecule is Cc1cc(C(=O)NC(CC(=O)O)c2ccccc2C)c2cnn(C(C)C)c2n1. The smallest absolute Gasteiger partial charge is 0.305 e. The van der Waals surface area contributed by atoms with Crippen molar-refractivity contribution in [3.63, 3.8) is 0 Å². The number of fused-ring (bicyclic) bond motifs is 1. The Kier molecular flexibility index (Phi) is 5.44. The predicted octanol–water partition coefficient (Wildman–Crippen LogP) is 3.57. The van der Waals surface area contributed by atoms with Crippen molar-refractivity contribution < 1.29 is 14.7 Å². The fourth-order valence-electron chi connectivity index (χ4n) is 3.34. The highest BCUT2D eigenvalue weighted by atomic mass is 16.4. The Morgan fingerprint density at radius 2 is 1.93 bits per heavy atom. The van der Waals surface area contributed by atoms with Crippen molar-refractivity contribution in [2.24, 2.45) is 0 Å². The molecule has 0 saturated carbocycles. The van der Waals surface area contributed by atoms with Crippen molar-refractivity contribution in [2.75, 3.05) is 0 Å². The highest BCUT2D eigenvalue weighted by Gasteiger charge is 2.23. The van der Waals surface area contributed by atoms with E-state index < -0.39 is 12.0 Å². The number of hydrogen-bond acceptors (Lipinski definition) is 4. The summed E-state index contributed by atoms with van der Waals surface area (Å²) < 4.78 is 1.77. The van der Waals surface area contributed by atoms with Gasteiger partial charge >= 0.3 is 5.97 Å². The summed E-state index contributed by atoms with van der Waals surface area (Å²) in [6, 6.07) is 8.65. The van der Waals surface area contributed by atoms with Crippen LogP contribution in [-0.4, -0.2) is 31.7 Å². The summed E-state index contributed by atoms with van der Waals surface area (Å²) in [5, 5.41) is 17.2. The van der Waals surface area contributed by atoms with Gasteiger partial charge in [0.15, 0.2) is 5.65 Å². The molecular formula is C21H24N4O3. The number of pyridine rings is 1. The first kappa shape index (κ1) is 19.5. The molecule has 146 valence electrons. The van der Waals surface area contributed by atoms with E-state index in [0.717, 1.165) is 11.1 Å². The zero-order chi connectivity index (χ0) is 20.4. The van der Waals surface area contributed by atoms with Gasteiger partial charge in [0.25, 0.3) is 5.91 Å². The summed E-state index contributed by atoms with van der Waals surface area (Å²) in [5.74, 6) is -1.31. The van der Waals surface area contributed by atoms with Gasteiger partial charge in [-0.1, -0.05) is 24.3 Å². The number of rotatable bonds is 6. The van der Waals surface area contributed by atoms with Crippen LogP contribution in [0.25, 0.3) is 11.0 Å². The average molecular weight is 380 g/mol. The van der Waals surface area contributed by atoms with E-state index in [-0.39, 0.29) is 18.4 Å². The molecule has 0 fully saturated rings. The number of nitrogens with zero attached hydrogens (tertiary/aromatic N) is 3. The second-order valence-corrected chi connectivity index (χ2v) is 7.21. The van der Waals surface area contributed by atoms with Gasteiger partial charge in [0, 0.05) is 11.7 Å². The molecule has 7 nitrogen and oxygen atoms in total. The first-order valence-corrected chi connectivity index (χ1v) is 9.21. The molecule has 0 spiro atoms. The van der Waals surface area contributed by atoms with Crippen molar-refractivity contribution in [1.29, 1.82) is 0 Å². The van der Waals surface area contributed by atoms with E-state index in [2.05, 4.69) is 15.4 Å². The van der Waals surface area contributed by atoms with Gasteiger partial charge in [0.1, 0.15) is 0 Å². The van der Waals surface area contributed by atoms with Gasteiger partial charge in [-0.25, -0.2) is 9.67 Å². The van der Waals surface area contributed by atoms with Crippen molar-refractivity contribution in [3.05, 3.63) is 58.9 Å². The standard InChI is InChI=1S/C21H24N4O3/c1-12(2)25-20-17(11-22-25)16(9-14(4)23-20)21(28)24-18(10-19(26)27)15-8-6-5-7-13(15)3/h5-9,11-12,18H,10H2,1-4H3,(H,24,28)(H,26,27). The highest BCUT2D eigenvalue weighted by Crippen LogP contribution is 2.24. The van der Waals surface area contributed by atoms with E-state index in [4.69, 9.17) is 0 Å². The molecule has 2 heterocycles. The number of hydrogen-bond donors (Lipinski definition) is 2. The van der Waals surface area contributed by atoms with Gasteiger partial charge in [-0.15, -0.1) is 0 Å². The number of benzene rings is 1. The number of nitrogens with one attached hydrogen (secondary N) is 1. The van der Waals surface area contributed by atoms with Crippen LogP contribution in [0.2, 0.25) is 0 Å². The van der Waals surface area contributed by atoms with E-state index in [1.807, 2.05) is 52.0 Å². The number of carboxylic acid groups (broad SMARTS) is 1. The number of amides is 1. The largest absolute Gasteiger partial charge is 0.481 e. The van der Waals surface area contributed by atoms with E-state index in [1.165, 1.54) is 0 Å². The van der Waals surface area contributed by atoms with E-state index >= 15 is 0 Å². The van der Waals surface area contributed by atoms with Crippen LogP contribution in [0.4, 0.5) is 0 Å². The Morgan fingerprint density at radius 1 is 1.21 bits per heavy atom. The molecule has 0 radical (unpaired) electrons. The average Bonchev–Trinajstić information content (AvgIpc) is 3.04. The summed E-state index contributed by atoms with van der Waals surface area (Å²) in [5.41, 5.74) is 3.51. The maximum atomic E-state index is 13.1. The van der Waals surface area contributed by atoms with Crippen LogP contribution >= 0.6 is 0 Å². The van der Waals surface area contributed by atoms with Crippen molar-refractivity contribution in [1.82, 2.24) is 20.1 Å². The Morgan fingerprint density at radius 3 is 2.57 bits per heavy atom. The summed E-state index contributed by atoms with van der Waals surface area (Å²) in [6.07, 6.45) is 1.44. The Balaban J connectivity index is 2.01. The lowest BCUT2D eigenvalue weighted by Crippen LogP contribution is -2.31. The lowest BCUT2D eigenvalue weighted by Gasteiger charge is -2.20. The van der Waals surface area contributed by atoms with Crippen LogP contribution in [0, 0.1) is 13.8 Å². The normalized spacial score (nSPS) is 12.3. The van der Waals surface area contributed by atoms with Crippen LogP contribution in [0.15, 0.2) is 36.5 Å². The minimum atomic E-state index is -0.975. The molecule has 2 aromatic heterocycles. The molecule has 28 heavy (non-hydrogen) atoms. The van der Waals surface area contributed by atoms with E-state index in [1.54, 1.807) is 16.9 Å². The lowest BCUT2D eigenvalue weighted by molar-refractivity contribution is -0.137. The minimum absolute atomic E-state index is 0.106. The summed E-state index contributed by atoms with van der Waals surface area (Å²) >= 11 is 0. The fraction of sp³-hybridized carbons (Fsp3) is 0.333. The molecule has 3 aromatic rings. The molecule has 1 amide bonds. The molecule has 1 aromatic carbocycles. The molecule has 7 heteroatoms. The third kappa shape index (κ3) is 3.88. The van der Waals surface area contributed by atoms with Gasteiger partial charge in [-0.05, 0) is 44.9 Å². The van der Waals surface area contributed by atoms with E-state index in [9.17, 15) is 14.7 Å². The highest BCUT2D eigenvalue weighted by molar-refractivity contribution is 6.05. The Labute approximate surface area is 163 Å². The first-order valence-electron chi connectivity index (χ1n) is 9.21. The Bertz CT molecular complexity index is 1040. The number of carbonyl (C=O) groups excluding carboxylic acids is 1. The van der Waals surface area contributed by atoms with Gasteiger partial charge in [0.05, 0.1) is 29.6 Å². The maximum Gasteiger partial charge on any atom is 0.305 e. The maximum absolute atomic E-state index is 13.1. The van der Waals surface area contributed by atoms with Crippen molar-refractivity contribution in [3.8, 4) is 0 Å². The molecule has 2 N–H and O–H groups in total. The minimum Gasteiger partial charge on any atom is -0.481 e. The van der Waals surface area contributed by atoms with Crippen LogP contribution < -0.4 is 5.32 Å². The van der Waals surface area contributed by atoms with Gasteiger partial charge < -0.3 is 10.4 Å². The van der Waals surface area contributed by atoms with Crippen molar-refractivity contribution >= 4 is 22.9 Å². The lowest BCUT2D eigenvalue weighted by atomic mass is 9.98. The molecule has 3 rings (SSSR count). The van der Waals surface area contributed by atoms with Crippen LogP contribution in [0.1, 0.15) is 59.5 Å². The molecule has 1 unspecified atom stereocenters. The van der Waals surface area contributed by atoms with Gasteiger partial charge in [-0.2, -0.15) is 5.10 Å².